The van der Waals surface area contributed by atoms with Gasteiger partial charge in [-0.3, -0.25) is 9.59 Å². The molecule has 1 heterocycles. The third-order valence-electron chi connectivity index (χ3n) is 3.08. The molecule has 0 saturated carbocycles. The molecular formula is C12H24ClN3O3. The van der Waals surface area contributed by atoms with Crippen LogP contribution in [-0.2, 0) is 14.3 Å². The van der Waals surface area contributed by atoms with Crippen molar-refractivity contribution in [3.63, 3.8) is 0 Å². The zero-order valence-electron chi connectivity index (χ0n) is 11.8. The summed E-state index contributed by atoms with van der Waals surface area (Å²) in [7, 11) is 1.65. The predicted molar refractivity (Wildman–Crippen MR) is 75.4 cm³/mol. The fraction of sp³-hybridized carbons (Fsp3) is 0.833. The molecule has 1 saturated heterocycles. The highest BCUT2D eigenvalue weighted by Gasteiger charge is 2.26. The van der Waals surface area contributed by atoms with E-state index < -0.39 is 0 Å². The second-order valence-electron chi connectivity index (χ2n) is 4.34. The third-order valence-corrected chi connectivity index (χ3v) is 3.08. The van der Waals surface area contributed by atoms with Gasteiger partial charge in [-0.2, -0.15) is 0 Å². The maximum Gasteiger partial charge on any atom is 0.242 e. The second-order valence-corrected chi connectivity index (χ2v) is 4.34. The van der Waals surface area contributed by atoms with Crippen LogP contribution in [0, 0.1) is 0 Å². The molecule has 6 nitrogen and oxygen atoms in total. The first kappa shape index (κ1) is 18.1. The molecule has 1 atom stereocenters. The molecule has 1 fully saturated rings. The van der Waals surface area contributed by atoms with Gasteiger partial charge in [0.1, 0.15) is 6.04 Å². The smallest absolute Gasteiger partial charge is 0.242 e. The Hall–Kier alpha value is -0.850. The molecular weight excluding hydrogens is 270 g/mol. The van der Waals surface area contributed by atoms with Crippen LogP contribution in [0.3, 0.4) is 0 Å². The van der Waals surface area contributed by atoms with Crippen molar-refractivity contribution >= 4 is 24.2 Å². The highest BCUT2D eigenvalue weighted by atomic mass is 35.5. The molecule has 2 amide bonds. The van der Waals surface area contributed by atoms with Crippen LogP contribution < -0.4 is 5.32 Å². The van der Waals surface area contributed by atoms with Crippen LogP contribution >= 0.6 is 12.4 Å². The second kappa shape index (κ2) is 9.12. The molecule has 1 rings (SSSR count). The van der Waals surface area contributed by atoms with E-state index in [4.69, 9.17) is 4.74 Å². The molecule has 0 aromatic carbocycles. The Balaban J connectivity index is 0.00000324. The number of hydrogen-bond acceptors (Lipinski definition) is 4. The quantitative estimate of drug-likeness (QED) is 0.758. The molecule has 1 aliphatic rings. The largest absolute Gasteiger partial charge is 0.378 e. The van der Waals surface area contributed by atoms with Gasteiger partial charge >= 0.3 is 0 Å². The van der Waals surface area contributed by atoms with Gasteiger partial charge < -0.3 is 19.9 Å². The van der Waals surface area contributed by atoms with Crippen LogP contribution in [0.4, 0.5) is 0 Å². The van der Waals surface area contributed by atoms with Gasteiger partial charge in [0, 0.05) is 26.7 Å². The van der Waals surface area contributed by atoms with E-state index in [2.05, 4.69) is 5.32 Å². The number of nitrogens with zero attached hydrogens (tertiary/aromatic N) is 2. The number of hydrogen-bond donors (Lipinski definition) is 1. The Morgan fingerprint density at radius 2 is 1.95 bits per heavy atom. The standard InChI is InChI=1S/C12H23N3O3.ClH/c1-4-15(5-2)11(16)8-14(3)12(17)10-9-18-7-6-13-10;/h10,13H,4-9H2,1-3H3;1H. The Morgan fingerprint density at radius 3 is 2.42 bits per heavy atom. The third kappa shape index (κ3) is 5.34. The summed E-state index contributed by atoms with van der Waals surface area (Å²) in [6.45, 7) is 7.01. The minimum atomic E-state index is -0.326. The maximum absolute atomic E-state index is 12.0. The van der Waals surface area contributed by atoms with Crippen molar-refractivity contribution in [2.75, 3.05) is 46.4 Å². The number of carbonyl (C=O) groups excluding carboxylic acids is 2. The van der Waals surface area contributed by atoms with Crippen molar-refractivity contribution in [3.05, 3.63) is 0 Å². The van der Waals surface area contributed by atoms with Crippen LogP contribution in [0.15, 0.2) is 0 Å². The molecule has 19 heavy (non-hydrogen) atoms. The molecule has 1 N–H and O–H groups in total. The van der Waals surface area contributed by atoms with Crippen LogP contribution in [0.2, 0.25) is 0 Å². The van der Waals surface area contributed by atoms with Gasteiger partial charge in [0.2, 0.25) is 11.8 Å². The average Bonchev–Trinajstić information content (AvgIpc) is 2.40. The molecule has 0 bridgehead atoms. The topological polar surface area (TPSA) is 61.9 Å². The molecule has 0 aliphatic carbocycles. The zero-order chi connectivity index (χ0) is 13.5. The summed E-state index contributed by atoms with van der Waals surface area (Å²) in [6, 6.07) is -0.326. The van der Waals surface area contributed by atoms with Crippen LogP contribution in [-0.4, -0.2) is 74.1 Å². The fourth-order valence-corrected chi connectivity index (χ4v) is 1.95. The van der Waals surface area contributed by atoms with Crippen LogP contribution in [0.5, 0.6) is 0 Å². The monoisotopic (exact) mass is 293 g/mol. The Kier molecular flexibility index (Phi) is 8.71. The summed E-state index contributed by atoms with van der Waals surface area (Å²) in [5.74, 6) is -0.109. The van der Waals surface area contributed by atoms with E-state index in [0.717, 1.165) is 0 Å². The van der Waals surface area contributed by atoms with Gasteiger partial charge in [0.05, 0.1) is 19.8 Å². The number of carbonyl (C=O) groups is 2. The summed E-state index contributed by atoms with van der Waals surface area (Å²) in [5, 5.41) is 3.09. The highest BCUT2D eigenvalue weighted by Crippen LogP contribution is 2.00. The lowest BCUT2D eigenvalue weighted by Gasteiger charge is -2.28. The summed E-state index contributed by atoms with van der Waals surface area (Å²) in [4.78, 5) is 27.1. The van der Waals surface area contributed by atoms with E-state index in [9.17, 15) is 9.59 Å². The fourth-order valence-electron chi connectivity index (χ4n) is 1.95. The Morgan fingerprint density at radius 1 is 1.32 bits per heavy atom. The SMILES string of the molecule is CCN(CC)C(=O)CN(C)C(=O)C1COCCN1.Cl. The minimum Gasteiger partial charge on any atom is -0.378 e. The van der Waals surface area contributed by atoms with E-state index in [-0.39, 0.29) is 36.8 Å². The molecule has 7 heteroatoms. The molecule has 0 aromatic rings. The molecule has 1 unspecified atom stereocenters. The van der Waals surface area contributed by atoms with Crippen molar-refractivity contribution in [3.8, 4) is 0 Å². The number of ether oxygens (including phenoxy) is 1. The van der Waals surface area contributed by atoms with Crippen molar-refractivity contribution in [2.24, 2.45) is 0 Å². The van der Waals surface area contributed by atoms with Gasteiger partial charge in [-0.1, -0.05) is 0 Å². The van der Waals surface area contributed by atoms with E-state index >= 15 is 0 Å². The van der Waals surface area contributed by atoms with E-state index in [0.29, 0.717) is 32.8 Å². The number of morpholine rings is 1. The molecule has 0 spiro atoms. The van der Waals surface area contributed by atoms with Crippen molar-refractivity contribution in [2.45, 2.75) is 19.9 Å². The van der Waals surface area contributed by atoms with Crippen molar-refractivity contribution in [1.82, 2.24) is 15.1 Å². The lowest BCUT2D eigenvalue weighted by molar-refractivity contribution is -0.142. The van der Waals surface area contributed by atoms with Gasteiger partial charge in [-0.05, 0) is 13.8 Å². The lowest BCUT2D eigenvalue weighted by atomic mass is 10.2. The van der Waals surface area contributed by atoms with Gasteiger partial charge in [0.25, 0.3) is 0 Å². The number of likely N-dealkylation sites (N-methyl/N-ethyl adjacent to an activating group) is 2. The van der Waals surface area contributed by atoms with Gasteiger partial charge in [0.15, 0.2) is 0 Å². The predicted octanol–water partition coefficient (Wildman–Crippen LogP) is -0.277. The number of halogens is 1. The first-order valence-electron chi connectivity index (χ1n) is 6.44. The first-order valence-corrected chi connectivity index (χ1v) is 6.44. The van der Waals surface area contributed by atoms with Crippen molar-refractivity contribution < 1.29 is 14.3 Å². The van der Waals surface area contributed by atoms with Crippen LogP contribution in [0.25, 0.3) is 0 Å². The number of nitrogens with one attached hydrogen (secondary N) is 1. The molecule has 0 aromatic heterocycles. The molecule has 1 aliphatic heterocycles. The highest BCUT2D eigenvalue weighted by molar-refractivity contribution is 5.87. The normalized spacial score (nSPS) is 18.4. The van der Waals surface area contributed by atoms with Gasteiger partial charge in [-0.15, -0.1) is 12.4 Å². The number of rotatable bonds is 5. The minimum absolute atomic E-state index is 0. The Bertz CT molecular complexity index is 292. The first-order chi connectivity index (χ1) is 8.60. The summed E-state index contributed by atoms with van der Waals surface area (Å²) in [5.41, 5.74) is 0. The number of amides is 2. The van der Waals surface area contributed by atoms with Gasteiger partial charge in [-0.25, -0.2) is 0 Å². The van der Waals surface area contributed by atoms with Crippen molar-refractivity contribution in [1.29, 1.82) is 0 Å². The average molecular weight is 294 g/mol. The molecule has 112 valence electrons. The lowest BCUT2D eigenvalue weighted by Crippen LogP contribution is -2.53. The van der Waals surface area contributed by atoms with E-state index in [1.807, 2.05) is 13.8 Å². The Labute approximate surface area is 120 Å². The zero-order valence-corrected chi connectivity index (χ0v) is 12.7. The maximum atomic E-state index is 12.0. The summed E-state index contributed by atoms with van der Waals surface area (Å²) >= 11 is 0. The van der Waals surface area contributed by atoms with E-state index in [1.165, 1.54) is 4.90 Å². The molecule has 0 radical (unpaired) electrons. The van der Waals surface area contributed by atoms with Crippen LogP contribution in [0.1, 0.15) is 13.8 Å². The summed E-state index contributed by atoms with van der Waals surface area (Å²) in [6.07, 6.45) is 0. The van der Waals surface area contributed by atoms with E-state index in [1.54, 1.807) is 11.9 Å². The summed E-state index contributed by atoms with van der Waals surface area (Å²) < 4.78 is 5.24.